The van der Waals surface area contributed by atoms with E-state index in [0.717, 1.165) is 33.3 Å². The number of methoxy groups -OCH3 is 1. The fraction of sp³-hybridized carbons (Fsp3) is 0.143. The van der Waals surface area contributed by atoms with Crippen LogP contribution in [0, 0.1) is 0 Å². The molecular formula is C21H19N3O3. The molecule has 0 saturated heterocycles. The highest BCUT2D eigenvalue weighted by atomic mass is 16.5. The molecule has 0 spiro atoms. The van der Waals surface area contributed by atoms with Crippen molar-refractivity contribution >= 4 is 16.9 Å². The van der Waals surface area contributed by atoms with Crippen LogP contribution in [-0.4, -0.2) is 36.1 Å². The summed E-state index contributed by atoms with van der Waals surface area (Å²) in [4.78, 5) is 20.3. The predicted molar refractivity (Wildman–Crippen MR) is 103 cm³/mol. The average Bonchev–Trinajstić information content (AvgIpc) is 3.37. The van der Waals surface area contributed by atoms with Gasteiger partial charge in [-0.05, 0) is 23.8 Å². The molecule has 0 bridgehead atoms. The zero-order chi connectivity index (χ0) is 18.6. The van der Waals surface area contributed by atoms with Gasteiger partial charge in [0, 0.05) is 53.7 Å². The molecule has 3 heterocycles. The van der Waals surface area contributed by atoms with Gasteiger partial charge in [-0.3, -0.25) is 4.79 Å². The van der Waals surface area contributed by atoms with Crippen LogP contribution in [0.1, 0.15) is 10.4 Å². The van der Waals surface area contributed by atoms with E-state index in [9.17, 15) is 4.79 Å². The van der Waals surface area contributed by atoms with Crippen LogP contribution in [0.2, 0.25) is 0 Å². The van der Waals surface area contributed by atoms with Crippen molar-refractivity contribution in [1.82, 2.24) is 15.3 Å². The number of H-pyrrole nitrogens is 1. The summed E-state index contributed by atoms with van der Waals surface area (Å²) < 4.78 is 10.2. The van der Waals surface area contributed by atoms with Gasteiger partial charge in [-0.1, -0.05) is 18.2 Å². The number of hydrogen-bond acceptors (Lipinski definition) is 4. The molecule has 0 aliphatic heterocycles. The third-order valence-electron chi connectivity index (χ3n) is 4.44. The molecule has 4 rings (SSSR count). The Hall–Kier alpha value is -3.38. The maximum Gasteiger partial charge on any atom is 0.251 e. The van der Waals surface area contributed by atoms with Crippen LogP contribution in [0.25, 0.3) is 33.3 Å². The molecule has 0 saturated carbocycles. The highest BCUT2D eigenvalue weighted by Crippen LogP contribution is 2.32. The van der Waals surface area contributed by atoms with Gasteiger partial charge >= 0.3 is 0 Å². The lowest BCUT2D eigenvalue weighted by Gasteiger charge is -2.10. The van der Waals surface area contributed by atoms with Crippen LogP contribution < -0.4 is 5.32 Å². The van der Waals surface area contributed by atoms with Gasteiger partial charge in [-0.15, -0.1) is 0 Å². The quantitative estimate of drug-likeness (QED) is 0.511. The number of hydrogen-bond donors (Lipinski definition) is 2. The van der Waals surface area contributed by atoms with E-state index in [2.05, 4.69) is 15.3 Å². The lowest BCUT2D eigenvalue weighted by molar-refractivity contribution is 0.0937. The molecule has 2 N–H and O–H groups in total. The number of carbonyl (C=O) groups is 1. The molecule has 0 fully saturated rings. The lowest BCUT2D eigenvalue weighted by Crippen LogP contribution is -2.27. The number of nitrogens with zero attached hydrogens (tertiary/aromatic N) is 1. The van der Waals surface area contributed by atoms with Gasteiger partial charge in [-0.25, -0.2) is 4.98 Å². The summed E-state index contributed by atoms with van der Waals surface area (Å²) in [6.07, 6.45) is 7.03. The Kier molecular flexibility index (Phi) is 4.72. The summed E-state index contributed by atoms with van der Waals surface area (Å²) in [7, 11) is 1.61. The van der Waals surface area contributed by atoms with Gasteiger partial charge < -0.3 is 19.5 Å². The Bertz CT molecular complexity index is 1070. The number of nitrogens with one attached hydrogen (secondary N) is 2. The monoisotopic (exact) mass is 361 g/mol. The topological polar surface area (TPSA) is 80.1 Å². The van der Waals surface area contributed by atoms with E-state index in [1.807, 2.05) is 42.6 Å². The van der Waals surface area contributed by atoms with Crippen LogP contribution in [0.5, 0.6) is 0 Å². The van der Waals surface area contributed by atoms with Gasteiger partial charge in [0.25, 0.3) is 5.91 Å². The normalized spacial score (nSPS) is 11.0. The van der Waals surface area contributed by atoms with E-state index in [1.54, 1.807) is 25.8 Å². The Balaban J connectivity index is 1.75. The van der Waals surface area contributed by atoms with Crippen molar-refractivity contribution in [3.63, 3.8) is 0 Å². The van der Waals surface area contributed by atoms with Crippen LogP contribution in [0.15, 0.2) is 65.7 Å². The van der Waals surface area contributed by atoms with Crippen LogP contribution in [-0.2, 0) is 4.74 Å². The van der Waals surface area contributed by atoms with Gasteiger partial charge in [0.05, 0.1) is 19.1 Å². The molecule has 1 amide bonds. The van der Waals surface area contributed by atoms with E-state index in [1.165, 1.54) is 0 Å². The van der Waals surface area contributed by atoms with Gasteiger partial charge in [-0.2, -0.15) is 0 Å². The first kappa shape index (κ1) is 17.1. The van der Waals surface area contributed by atoms with Crippen molar-refractivity contribution in [1.29, 1.82) is 0 Å². The molecule has 0 aliphatic rings. The minimum absolute atomic E-state index is 0.133. The smallest absolute Gasteiger partial charge is 0.251 e. The number of carbonyl (C=O) groups excluding carboxylic acids is 1. The summed E-state index contributed by atoms with van der Waals surface area (Å²) in [5.74, 6) is -0.133. The molecule has 27 heavy (non-hydrogen) atoms. The summed E-state index contributed by atoms with van der Waals surface area (Å²) in [5.41, 5.74) is 5.10. The first-order valence-electron chi connectivity index (χ1n) is 8.64. The van der Waals surface area contributed by atoms with Crippen LogP contribution in [0.3, 0.4) is 0 Å². The zero-order valence-corrected chi connectivity index (χ0v) is 14.9. The molecule has 6 heteroatoms. The molecule has 0 radical (unpaired) electrons. The van der Waals surface area contributed by atoms with E-state index >= 15 is 0 Å². The number of rotatable bonds is 6. The second kappa shape index (κ2) is 7.47. The Morgan fingerprint density at radius 2 is 2.11 bits per heavy atom. The number of ether oxygens (including phenoxy) is 1. The van der Waals surface area contributed by atoms with Crippen LogP contribution >= 0.6 is 0 Å². The third-order valence-corrected chi connectivity index (χ3v) is 4.44. The number of pyridine rings is 1. The van der Waals surface area contributed by atoms with Gasteiger partial charge in [0.1, 0.15) is 5.65 Å². The van der Waals surface area contributed by atoms with E-state index in [4.69, 9.17) is 9.15 Å². The Labute approximate surface area is 156 Å². The largest absolute Gasteiger partial charge is 0.472 e. The first-order chi connectivity index (χ1) is 13.3. The first-order valence-corrected chi connectivity index (χ1v) is 8.64. The standard InChI is InChI=1S/C21H19N3O3/c1-26-9-7-22-21(25)17-5-3-2-4-16(17)15-10-18-19(14-6-8-27-13-14)12-24-20(18)23-11-15/h2-6,8,10-13H,7,9H2,1H3,(H,22,25)(H,23,24). The van der Waals surface area contributed by atoms with E-state index in [0.29, 0.717) is 18.7 Å². The molecule has 0 unspecified atom stereocenters. The number of benzene rings is 1. The molecule has 0 aliphatic carbocycles. The second-order valence-corrected chi connectivity index (χ2v) is 6.13. The van der Waals surface area contributed by atoms with Crippen LogP contribution in [0.4, 0.5) is 0 Å². The minimum Gasteiger partial charge on any atom is -0.472 e. The molecular weight excluding hydrogens is 342 g/mol. The number of aromatic amines is 1. The van der Waals surface area contributed by atoms with Gasteiger partial charge in [0.15, 0.2) is 0 Å². The molecule has 1 aromatic carbocycles. The number of amides is 1. The molecule has 3 aromatic heterocycles. The SMILES string of the molecule is COCCNC(=O)c1ccccc1-c1cnc2[nH]cc(-c3ccoc3)c2c1. The van der Waals surface area contributed by atoms with Crippen molar-refractivity contribution in [3.05, 3.63) is 66.9 Å². The second-order valence-electron chi connectivity index (χ2n) is 6.13. The Morgan fingerprint density at radius 1 is 1.22 bits per heavy atom. The number of aromatic nitrogens is 2. The fourth-order valence-electron chi connectivity index (χ4n) is 3.10. The molecule has 136 valence electrons. The number of furan rings is 1. The third kappa shape index (κ3) is 3.35. The van der Waals surface area contributed by atoms with E-state index in [-0.39, 0.29) is 5.91 Å². The number of fused-ring (bicyclic) bond motifs is 1. The average molecular weight is 361 g/mol. The van der Waals surface area contributed by atoms with E-state index < -0.39 is 0 Å². The zero-order valence-electron chi connectivity index (χ0n) is 14.9. The fourth-order valence-corrected chi connectivity index (χ4v) is 3.10. The molecule has 0 atom stereocenters. The summed E-state index contributed by atoms with van der Waals surface area (Å²) in [5, 5.41) is 3.85. The molecule has 6 nitrogen and oxygen atoms in total. The van der Waals surface area contributed by atoms with Crippen molar-refractivity contribution in [2.75, 3.05) is 20.3 Å². The molecule has 4 aromatic rings. The maximum absolute atomic E-state index is 12.6. The highest BCUT2D eigenvalue weighted by Gasteiger charge is 2.15. The van der Waals surface area contributed by atoms with Crippen molar-refractivity contribution in [3.8, 4) is 22.3 Å². The Morgan fingerprint density at radius 3 is 2.93 bits per heavy atom. The minimum atomic E-state index is -0.133. The lowest BCUT2D eigenvalue weighted by atomic mass is 9.99. The van der Waals surface area contributed by atoms with Crippen molar-refractivity contribution in [2.45, 2.75) is 0 Å². The summed E-state index contributed by atoms with van der Waals surface area (Å²) in [6, 6.07) is 11.5. The maximum atomic E-state index is 12.6. The van der Waals surface area contributed by atoms with Crippen molar-refractivity contribution in [2.24, 2.45) is 0 Å². The predicted octanol–water partition coefficient (Wildman–Crippen LogP) is 3.87. The highest BCUT2D eigenvalue weighted by molar-refractivity contribution is 6.02. The summed E-state index contributed by atoms with van der Waals surface area (Å²) in [6.45, 7) is 0.933. The van der Waals surface area contributed by atoms with Gasteiger partial charge in [0.2, 0.25) is 0 Å². The van der Waals surface area contributed by atoms with Crippen molar-refractivity contribution < 1.29 is 13.9 Å². The summed E-state index contributed by atoms with van der Waals surface area (Å²) >= 11 is 0.